The SMILES string of the molecule is N[N+](F)(F)F. The zero-order chi connectivity index (χ0) is 4.50. The Kier molecular flexibility index (Phi) is 0.787. The monoisotopic (exact) mass is 87.0 g/mol. The van der Waals surface area contributed by atoms with Crippen molar-refractivity contribution in [2.75, 3.05) is 0 Å². The molecule has 0 rings (SSSR count). The van der Waals surface area contributed by atoms with Gasteiger partial charge in [-0.15, -0.1) is 0 Å². The van der Waals surface area contributed by atoms with Crippen molar-refractivity contribution in [3.05, 3.63) is 0 Å². The summed E-state index contributed by atoms with van der Waals surface area (Å²) in [7, 11) is 0. The van der Waals surface area contributed by atoms with Gasteiger partial charge in [0.1, 0.15) is 13.4 Å². The smallest absolute Gasteiger partial charge is 0.0603 e. The van der Waals surface area contributed by atoms with E-state index in [1.807, 2.05) is 0 Å². The van der Waals surface area contributed by atoms with E-state index in [9.17, 15) is 13.4 Å². The zero-order valence-electron chi connectivity index (χ0n) is 2.16. The first-order chi connectivity index (χ1) is 2.00. The Morgan fingerprint density at radius 2 is 1.20 bits per heavy atom. The van der Waals surface area contributed by atoms with E-state index in [2.05, 4.69) is 5.84 Å². The number of hydrogen-bond acceptors (Lipinski definition) is 1. The minimum absolute atomic E-state index is 3.29. The number of quaternary nitrogens is 1. The molecule has 0 radical (unpaired) electrons. The molecule has 0 aromatic carbocycles. The lowest BCUT2D eigenvalue weighted by atomic mass is 12.7. The molecule has 0 unspecified atom stereocenters. The van der Waals surface area contributed by atoms with Gasteiger partial charge in [0.25, 0.3) is 0 Å². The van der Waals surface area contributed by atoms with Crippen molar-refractivity contribution in [3.8, 4) is 0 Å². The molecular weight excluding hydrogens is 85.0 g/mol. The van der Waals surface area contributed by atoms with Crippen LogP contribution in [-0.2, 0) is 0 Å². The summed E-state index contributed by atoms with van der Waals surface area (Å²) in [5.41, 5.74) is 0. The summed E-state index contributed by atoms with van der Waals surface area (Å²) in [6.07, 6.45) is 0. The maximum atomic E-state index is 10.1. The number of halogens is 3. The van der Waals surface area contributed by atoms with Crippen molar-refractivity contribution >= 4 is 0 Å². The lowest BCUT2D eigenvalue weighted by molar-refractivity contribution is -1.28. The van der Waals surface area contributed by atoms with E-state index in [0.717, 1.165) is 0 Å². The summed E-state index contributed by atoms with van der Waals surface area (Å²) < 4.78 is 30.2. The summed E-state index contributed by atoms with van der Waals surface area (Å²) in [4.78, 5) is 0. The van der Waals surface area contributed by atoms with Gasteiger partial charge in [-0.25, -0.2) is 0 Å². The minimum Gasteiger partial charge on any atom is -0.0603 e. The van der Waals surface area contributed by atoms with Gasteiger partial charge in [0.15, 0.2) is 0 Å². The molecule has 5 heteroatoms. The molecule has 0 heterocycles. The van der Waals surface area contributed by atoms with Gasteiger partial charge in [0.05, 0.1) is 0 Å². The molecule has 0 aliphatic carbocycles. The first-order valence-electron chi connectivity index (χ1n) is 0.765. The van der Waals surface area contributed by atoms with E-state index in [0.29, 0.717) is 0 Å². The third-order valence-corrected chi connectivity index (χ3v) is 0. The van der Waals surface area contributed by atoms with Gasteiger partial charge in [0, 0.05) is 0 Å². The lowest BCUT2D eigenvalue weighted by Gasteiger charge is -1.81. The van der Waals surface area contributed by atoms with Crippen LogP contribution in [0.5, 0.6) is 0 Å². The van der Waals surface area contributed by atoms with Gasteiger partial charge in [0.2, 0.25) is 0 Å². The molecule has 0 fully saturated rings. The third-order valence-electron chi connectivity index (χ3n) is 0. The maximum absolute atomic E-state index is 10.1. The molecule has 0 saturated carbocycles. The normalized spacial score (nSPS) is 12.0. The van der Waals surface area contributed by atoms with Crippen molar-refractivity contribution in [3.63, 3.8) is 0 Å². The Labute approximate surface area is 26.0 Å². The molecule has 5 heavy (non-hydrogen) atoms. The van der Waals surface area contributed by atoms with E-state index < -0.39 is 5.26 Å². The summed E-state index contributed by atoms with van der Waals surface area (Å²) in [5.74, 6) is 3.29. The predicted molar refractivity (Wildman–Crippen MR) is 7.77 cm³/mol. The average Bonchev–Trinajstić information content (AvgIpc) is 0.722. The Bertz CT molecular complexity index is 20.4. The molecule has 2 N–H and O–H groups in total. The van der Waals surface area contributed by atoms with Crippen LogP contribution in [0, 0.1) is 0 Å². The summed E-state index contributed by atoms with van der Waals surface area (Å²) in [6.45, 7) is 0. The third kappa shape index (κ3) is 129. The molecule has 0 bridgehead atoms. The van der Waals surface area contributed by atoms with Crippen LogP contribution in [0.15, 0.2) is 0 Å². The first-order valence-corrected chi connectivity index (χ1v) is 0.765. The molecule has 0 spiro atoms. The van der Waals surface area contributed by atoms with Gasteiger partial charge < -0.3 is 0 Å². The van der Waals surface area contributed by atoms with Crippen LogP contribution >= 0.6 is 0 Å². The molecule has 0 aliphatic rings. The maximum Gasteiger partial charge on any atom is 0.322 e. The molecule has 32 valence electrons. The van der Waals surface area contributed by atoms with E-state index in [1.165, 1.54) is 0 Å². The second kappa shape index (κ2) is 0.836. The van der Waals surface area contributed by atoms with E-state index in [4.69, 9.17) is 0 Å². The van der Waals surface area contributed by atoms with E-state index >= 15 is 0 Å². The van der Waals surface area contributed by atoms with Gasteiger partial charge >= 0.3 is 5.26 Å². The second-order valence-electron chi connectivity index (χ2n) is 0.484. The molecule has 0 aromatic heterocycles. The summed E-state index contributed by atoms with van der Waals surface area (Å²) in [5, 5.41) is -4.00. The molecule has 0 aliphatic heterocycles. The van der Waals surface area contributed by atoms with Gasteiger partial charge in [-0.2, -0.15) is 0 Å². The Morgan fingerprint density at radius 3 is 1.20 bits per heavy atom. The first kappa shape index (κ1) is 4.71. The van der Waals surface area contributed by atoms with E-state index in [1.54, 1.807) is 0 Å². The summed E-state index contributed by atoms with van der Waals surface area (Å²) in [6, 6.07) is 0. The second-order valence-corrected chi connectivity index (χ2v) is 0.484. The van der Waals surface area contributed by atoms with Crippen molar-refractivity contribution in [2.45, 2.75) is 0 Å². The molecule has 0 saturated heterocycles. The van der Waals surface area contributed by atoms with Gasteiger partial charge in [-0.05, 0) is 0 Å². The fourth-order valence-electron chi connectivity index (χ4n) is 0. The molecule has 0 atom stereocenters. The molecule has 0 aromatic rings. The predicted octanol–water partition coefficient (Wildman–Crippen LogP) is 0.330. The van der Waals surface area contributed by atoms with Crippen LogP contribution < -0.4 is 5.84 Å². The van der Waals surface area contributed by atoms with Crippen LogP contribution in [0.3, 0.4) is 0 Å². The highest BCUT2D eigenvalue weighted by Crippen LogP contribution is 1.96. The average molecular weight is 87.0 g/mol. The van der Waals surface area contributed by atoms with Gasteiger partial charge in [-0.1, -0.05) is 5.84 Å². The lowest BCUT2D eigenvalue weighted by Crippen LogP contribution is -2.26. The van der Waals surface area contributed by atoms with Crippen molar-refractivity contribution in [1.82, 2.24) is 0 Å². The van der Waals surface area contributed by atoms with Crippen LogP contribution in [0.25, 0.3) is 0 Å². The Morgan fingerprint density at radius 1 is 1.20 bits per heavy atom. The van der Waals surface area contributed by atoms with Crippen LogP contribution in [0.2, 0.25) is 0 Å². The quantitative estimate of drug-likeness (QED) is 0.257. The standard InChI is InChI=1S/F3H2N2/c1-5(2,3)4/h4H2/q+1. The number of rotatable bonds is 0. The summed E-state index contributed by atoms with van der Waals surface area (Å²) >= 11 is 0. The Balaban J connectivity index is 3.02. The fraction of sp³-hybridized carbons (Fsp3) is 0. The zero-order valence-corrected chi connectivity index (χ0v) is 2.16. The number of hydrogen-bond donors (Lipinski definition) is 1. The fourth-order valence-corrected chi connectivity index (χ4v) is 0. The number of nitrogens with zero attached hydrogens (tertiary/aromatic N) is 1. The number of nitrogens with two attached hydrogens (primary N) is 1. The van der Waals surface area contributed by atoms with Gasteiger partial charge in [-0.3, -0.25) is 0 Å². The highest BCUT2D eigenvalue weighted by atomic mass is 19.6. The molecule has 2 nitrogen and oxygen atoms in total. The molecular formula is H2F3N2+. The largest absolute Gasteiger partial charge is 0.322 e. The van der Waals surface area contributed by atoms with Crippen molar-refractivity contribution in [2.24, 2.45) is 5.84 Å². The Hall–Kier alpha value is -0.290. The van der Waals surface area contributed by atoms with Crippen molar-refractivity contribution < 1.29 is 18.7 Å². The van der Waals surface area contributed by atoms with E-state index in [-0.39, 0.29) is 0 Å². The topological polar surface area (TPSA) is 26.0 Å². The van der Waals surface area contributed by atoms with Crippen LogP contribution in [0.4, 0.5) is 13.4 Å². The van der Waals surface area contributed by atoms with Crippen LogP contribution in [0.1, 0.15) is 0 Å². The minimum atomic E-state index is -4.00. The highest BCUT2D eigenvalue weighted by Gasteiger charge is 2.20. The van der Waals surface area contributed by atoms with Crippen molar-refractivity contribution in [1.29, 1.82) is 0 Å². The van der Waals surface area contributed by atoms with Crippen LogP contribution in [-0.4, -0.2) is 5.26 Å². The molecule has 0 amide bonds. The highest BCUT2D eigenvalue weighted by molar-refractivity contribution is 3.06.